The first-order chi connectivity index (χ1) is 49.7. The van der Waals surface area contributed by atoms with Crippen molar-refractivity contribution in [1.29, 1.82) is 0 Å². The summed E-state index contributed by atoms with van der Waals surface area (Å²) in [4.78, 5) is 70.8. The van der Waals surface area contributed by atoms with Crippen LogP contribution in [0.1, 0.15) is 189 Å². The minimum absolute atomic E-state index is 0.0502. The van der Waals surface area contributed by atoms with Crippen LogP contribution in [0.15, 0.2) is 194 Å². The molecule has 516 valence electrons. The number of H-pyrrole nitrogens is 2. The van der Waals surface area contributed by atoms with Gasteiger partial charge in [-0.25, -0.2) is 9.97 Å². The number of nitrogens with zero attached hydrogens (tertiary/aromatic N) is 2. The van der Waals surface area contributed by atoms with Crippen molar-refractivity contribution in [3.8, 4) is 55.6 Å². The third kappa shape index (κ3) is 17.8. The Hall–Kier alpha value is -10.5. The van der Waals surface area contributed by atoms with Gasteiger partial charge in [0.15, 0.2) is 0 Å². The number of amides is 4. The predicted octanol–water partition coefficient (Wildman–Crippen LogP) is 21.6. The van der Waals surface area contributed by atoms with Crippen LogP contribution >= 0.6 is 0 Å². The number of aromatic amines is 2. The van der Waals surface area contributed by atoms with Crippen LogP contribution in [0.4, 0.5) is 11.4 Å². The van der Waals surface area contributed by atoms with Gasteiger partial charge in [-0.1, -0.05) is 250 Å². The molecule has 0 saturated heterocycles. The second kappa shape index (κ2) is 35.0. The van der Waals surface area contributed by atoms with E-state index in [0.29, 0.717) is 18.8 Å². The maximum absolute atomic E-state index is 13.3. The molecule has 101 heavy (non-hydrogen) atoms. The molecule has 6 aromatic carbocycles. The van der Waals surface area contributed by atoms with E-state index in [1.807, 2.05) is 72.8 Å². The number of carbonyl (C=O) groups is 4. The van der Waals surface area contributed by atoms with Crippen molar-refractivity contribution in [2.75, 3.05) is 23.7 Å². The molecule has 0 unspecified atom stereocenters. The number of aromatic nitrogens is 4. The Balaban J connectivity index is 0.608. The molecule has 2 aliphatic heterocycles. The SMILES string of the molecule is CCCCCCCCC1(CCCCCCCC)c2ccccc2-c2ccc(NC(=O)/C=C\C(=O)NCCCCCCCCNC(=O)CCC(=O)Nc3ccc(-c4c5nc(c(-c6ccccc6)c6ccc([nH]6)c(-c6ccccc6)c6nc(c(-c7ccccc7)c7ccc4[nH]7)C=C6)C=C5)cc3)cc21. The molecule has 6 N–H and O–H groups in total. The second-order valence-corrected chi connectivity index (χ2v) is 27.2. The fourth-order valence-corrected chi connectivity index (χ4v) is 14.9. The van der Waals surface area contributed by atoms with E-state index in [-0.39, 0.29) is 41.9 Å². The highest BCUT2D eigenvalue weighted by Gasteiger charge is 2.42. The summed E-state index contributed by atoms with van der Waals surface area (Å²) >= 11 is 0. The highest BCUT2D eigenvalue weighted by atomic mass is 16.2. The first-order valence-corrected chi connectivity index (χ1v) is 37.2. The van der Waals surface area contributed by atoms with E-state index >= 15 is 0 Å². The molecule has 4 amide bonds. The van der Waals surface area contributed by atoms with Crippen LogP contribution in [0.25, 0.3) is 102 Å². The van der Waals surface area contributed by atoms with Gasteiger partial charge in [-0.3, -0.25) is 19.2 Å². The summed E-state index contributed by atoms with van der Waals surface area (Å²) < 4.78 is 0. The first kappa shape index (κ1) is 70.4. The van der Waals surface area contributed by atoms with E-state index in [9.17, 15) is 19.2 Å². The van der Waals surface area contributed by atoms with Crippen molar-refractivity contribution < 1.29 is 19.2 Å². The summed E-state index contributed by atoms with van der Waals surface area (Å²) in [5.74, 6) is -1.00. The second-order valence-electron chi connectivity index (χ2n) is 27.2. The zero-order valence-corrected chi connectivity index (χ0v) is 58.8. The quantitative estimate of drug-likeness (QED) is 0.0173. The first-order valence-electron chi connectivity index (χ1n) is 37.2. The van der Waals surface area contributed by atoms with Gasteiger partial charge in [0.1, 0.15) is 0 Å². The van der Waals surface area contributed by atoms with Crippen LogP contribution in [0, 0.1) is 0 Å². The Labute approximate surface area is 595 Å². The molecule has 12 rings (SSSR count). The maximum Gasteiger partial charge on any atom is 0.248 e. The minimum Gasteiger partial charge on any atom is -0.356 e. The summed E-state index contributed by atoms with van der Waals surface area (Å²) in [6, 6.07) is 62.7. The molecule has 0 atom stereocenters. The smallest absolute Gasteiger partial charge is 0.248 e. The Kier molecular flexibility index (Phi) is 24.4. The summed E-state index contributed by atoms with van der Waals surface area (Å²) in [7, 11) is 0. The van der Waals surface area contributed by atoms with Gasteiger partial charge in [0.25, 0.3) is 0 Å². The van der Waals surface area contributed by atoms with Crippen molar-refractivity contribution in [2.24, 2.45) is 0 Å². The van der Waals surface area contributed by atoms with Crippen molar-refractivity contribution in [3.05, 3.63) is 228 Å². The molecule has 1 aliphatic carbocycles. The van der Waals surface area contributed by atoms with Crippen LogP contribution < -0.4 is 21.3 Å². The summed E-state index contributed by atoms with van der Waals surface area (Å²) in [5, 5.41) is 12.0. The molecule has 3 aliphatic rings. The van der Waals surface area contributed by atoms with Gasteiger partial charge in [-0.15, -0.1) is 0 Å². The highest BCUT2D eigenvalue weighted by molar-refractivity contribution is 6.04. The number of benzene rings is 6. The topological polar surface area (TPSA) is 174 Å². The van der Waals surface area contributed by atoms with E-state index < -0.39 is 0 Å². The largest absolute Gasteiger partial charge is 0.356 e. The molecular formula is C89H96N8O4. The number of hydrogen-bond donors (Lipinski definition) is 6. The Morgan fingerprint density at radius 1 is 0.366 bits per heavy atom. The standard InChI is InChI=1S/C89H96N8O4/c1-3-5-7-9-13-28-58-89(59-29-14-10-8-6-4-2)71-39-27-26-38-69(71)70-45-44-68(62-72(70)89)93-84(101)57-55-82(99)91-61-31-16-12-11-15-30-60-90-81(98)54-56-83(100)92-67-42-40-66(41-43-67)88-79-52-50-77(96-79)86(64-34-22-18-23-35-64)75-48-46-73(94-75)85(63-32-20-17-21-33-63)74-47-49-76(95-74)87(65-36-24-19-25-37-65)78-51-53-80(88)97-78/h17-27,32-53,55,57,62,94,97H,3-16,28-31,54,56,58-61H2,1-2H3,(H,90,98)(H,91,99)(H,92,100)(H,93,101)/b57-55-,85-73?,85-74?,86-75?,86-77?,87-76?,87-78?,88-79?,88-80?. The number of hydrogen-bond acceptors (Lipinski definition) is 6. The van der Waals surface area contributed by atoms with Crippen LogP contribution in [-0.4, -0.2) is 56.7 Å². The number of carbonyl (C=O) groups excluding carboxylic acids is 4. The van der Waals surface area contributed by atoms with Gasteiger partial charge in [-0.05, 0) is 143 Å². The van der Waals surface area contributed by atoms with Gasteiger partial charge in [-0.2, -0.15) is 0 Å². The number of unbranched alkanes of at least 4 members (excludes halogenated alkanes) is 15. The average molecular weight is 1340 g/mol. The lowest BCUT2D eigenvalue weighted by Crippen LogP contribution is -2.26. The zero-order valence-electron chi connectivity index (χ0n) is 58.8. The fourth-order valence-electron chi connectivity index (χ4n) is 14.9. The number of anilines is 2. The molecule has 9 aromatic rings. The molecule has 12 nitrogen and oxygen atoms in total. The lowest BCUT2D eigenvalue weighted by Gasteiger charge is -2.33. The Morgan fingerprint density at radius 2 is 0.762 bits per heavy atom. The summed E-state index contributed by atoms with van der Waals surface area (Å²) in [6.07, 6.45) is 34.0. The van der Waals surface area contributed by atoms with Gasteiger partial charge < -0.3 is 31.2 Å². The minimum atomic E-state index is -0.321. The van der Waals surface area contributed by atoms with E-state index in [2.05, 4.69) is 179 Å². The van der Waals surface area contributed by atoms with E-state index in [1.54, 1.807) is 0 Å². The molecule has 5 heterocycles. The van der Waals surface area contributed by atoms with Crippen molar-refractivity contribution >= 4 is 81.4 Å². The van der Waals surface area contributed by atoms with Crippen LogP contribution in [0.2, 0.25) is 0 Å². The highest BCUT2D eigenvalue weighted by Crippen LogP contribution is 2.55. The van der Waals surface area contributed by atoms with Crippen LogP contribution in [0.3, 0.4) is 0 Å². The van der Waals surface area contributed by atoms with Crippen LogP contribution in [0.5, 0.6) is 0 Å². The van der Waals surface area contributed by atoms with Crippen molar-refractivity contribution in [3.63, 3.8) is 0 Å². The van der Waals surface area contributed by atoms with E-state index in [4.69, 9.17) is 9.97 Å². The number of fused-ring (bicyclic) bond motifs is 11. The lowest BCUT2D eigenvalue weighted by atomic mass is 9.70. The van der Waals surface area contributed by atoms with E-state index in [1.165, 1.54) is 111 Å². The molecule has 0 spiro atoms. The molecule has 12 heteroatoms. The molecule has 3 aromatic heterocycles. The summed E-state index contributed by atoms with van der Waals surface area (Å²) in [6.45, 7) is 5.61. The van der Waals surface area contributed by atoms with Gasteiger partial charge >= 0.3 is 0 Å². The normalized spacial score (nSPS) is 12.5. The average Bonchev–Trinajstić information content (AvgIpc) is 1.57. The van der Waals surface area contributed by atoms with E-state index in [0.717, 1.165) is 146 Å². The zero-order chi connectivity index (χ0) is 69.6. The molecule has 0 fully saturated rings. The summed E-state index contributed by atoms with van der Waals surface area (Å²) in [5.41, 5.74) is 21.4. The molecule has 8 bridgehead atoms. The molecular weight excluding hydrogens is 1250 g/mol. The van der Waals surface area contributed by atoms with Crippen LogP contribution in [-0.2, 0) is 24.6 Å². The Morgan fingerprint density at radius 3 is 1.26 bits per heavy atom. The van der Waals surface area contributed by atoms with Gasteiger partial charge in [0, 0.05) is 99.2 Å². The third-order valence-corrected chi connectivity index (χ3v) is 20.0. The monoisotopic (exact) mass is 1340 g/mol. The van der Waals surface area contributed by atoms with Crippen molar-refractivity contribution in [2.45, 2.75) is 161 Å². The Bertz CT molecular complexity index is 4550. The third-order valence-electron chi connectivity index (χ3n) is 20.0. The number of rotatable bonds is 34. The molecule has 0 radical (unpaired) electrons. The fraction of sp³-hybridized carbons (Fsp3) is 0.303. The van der Waals surface area contributed by atoms with Crippen molar-refractivity contribution in [1.82, 2.24) is 30.6 Å². The predicted molar refractivity (Wildman–Crippen MR) is 419 cm³/mol. The van der Waals surface area contributed by atoms with Gasteiger partial charge in [0.2, 0.25) is 23.6 Å². The molecule has 0 saturated carbocycles. The maximum atomic E-state index is 13.3. The van der Waals surface area contributed by atoms with Gasteiger partial charge in [0.05, 0.1) is 22.8 Å². The lowest BCUT2D eigenvalue weighted by molar-refractivity contribution is -0.124. The number of nitrogens with one attached hydrogen (secondary N) is 6.